The number of fused-ring (bicyclic) bond motifs is 1. The van der Waals surface area contributed by atoms with Gasteiger partial charge in [0.15, 0.2) is 5.54 Å². The summed E-state index contributed by atoms with van der Waals surface area (Å²) in [5.74, 6) is -1.26. The molecule has 2 atom stereocenters. The van der Waals surface area contributed by atoms with Gasteiger partial charge in [-0.15, -0.1) is 0 Å². The Morgan fingerprint density at radius 3 is 2.43 bits per heavy atom. The van der Waals surface area contributed by atoms with Crippen molar-refractivity contribution in [2.24, 2.45) is 0 Å². The van der Waals surface area contributed by atoms with Crippen LogP contribution in [0.5, 0.6) is 5.75 Å². The minimum atomic E-state index is -4.55. The molecule has 0 bridgehead atoms. The number of nitrogens with zero attached hydrogens (tertiary/aromatic N) is 4. The predicted molar refractivity (Wildman–Crippen MR) is 171 cm³/mol. The summed E-state index contributed by atoms with van der Waals surface area (Å²) in [6.07, 6.45) is 1.06. The Kier molecular flexibility index (Phi) is 8.85. The molecule has 2 amide bonds. The fourth-order valence-electron chi connectivity index (χ4n) is 6.86. The number of rotatable bonds is 8. The van der Waals surface area contributed by atoms with E-state index in [-0.39, 0.29) is 21.5 Å². The normalized spacial score (nSPS) is 22.2. The maximum atomic E-state index is 15.3. The van der Waals surface area contributed by atoms with Gasteiger partial charge in [-0.1, -0.05) is 23.7 Å². The van der Waals surface area contributed by atoms with Crippen molar-refractivity contribution in [1.29, 1.82) is 0 Å². The van der Waals surface area contributed by atoms with Gasteiger partial charge >= 0.3 is 0 Å². The molecule has 6 rings (SSSR count). The Morgan fingerprint density at radius 2 is 1.76 bits per heavy atom. The average molecular weight is 671 g/mol. The van der Waals surface area contributed by atoms with E-state index in [0.29, 0.717) is 56.0 Å². The van der Waals surface area contributed by atoms with Crippen molar-refractivity contribution in [3.63, 3.8) is 0 Å². The highest BCUT2D eigenvalue weighted by Gasteiger charge is 2.63. The highest BCUT2D eigenvalue weighted by atomic mass is 35.5. The second-order valence-corrected chi connectivity index (χ2v) is 14.1. The van der Waals surface area contributed by atoms with Gasteiger partial charge in [-0.3, -0.25) is 19.4 Å². The Hall–Kier alpha value is -3.55. The van der Waals surface area contributed by atoms with E-state index in [4.69, 9.17) is 21.1 Å². The lowest BCUT2D eigenvalue weighted by atomic mass is 9.80. The first-order valence-corrected chi connectivity index (χ1v) is 16.9. The van der Waals surface area contributed by atoms with Crippen LogP contribution >= 0.6 is 11.6 Å². The molecule has 1 unspecified atom stereocenters. The lowest BCUT2D eigenvalue weighted by Gasteiger charge is -2.42. The van der Waals surface area contributed by atoms with E-state index >= 15 is 4.79 Å². The van der Waals surface area contributed by atoms with Crippen LogP contribution in [0, 0.1) is 5.82 Å². The van der Waals surface area contributed by atoms with Crippen molar-refractivity contribution in [3.05, 3.63) is 88.2 Å². The molecular formula is C33H36ClFN4O6S. The molecule has 0 spiro atoms. The first-order chi connectivity index (χ1) is 22.0. The molecule has 3 aliphatic heterocycles. The summed E-state index contributed by atoms with van der Waals surface area (Å²) in [6.45, 7) is 3.77. The zero-order valence-corrected chi connectivity index (χ0v) is 27.5. The van der Waals surface area contributed by atoms with E-state index < -0.39 is 33.3 Å². The molecule has 10 nitrogen and oxygen atoms in total. The van der Waals surface area contributed by atoms with Gasteiger partial charge in [-0.2, -0.15) is 0 Å². The molecule has 0 N–H and O–H groups in total. The quantitative estimate of drug-likeness (QED) is 0.357. The molecule has 3 heterocycles. The van der Waals surface area contributed by atoms with Crippen LogP contribution in [0.3, 0.4) is 0 Å². The third kappa shape index (κ3) is 5.35. The van der Waals surface area contributed by atoms with Crippen LogP contribution < -0.4 is 9.04 Å². The van der Waals surface area contributed by atoms with Gasteiger partial charge < -0.3 is 14.4 Å². The number of hydrogen-bond acceptors (Lipinski definition) is 8. The molecule has 2 saturated heterocycles. The highest BCUT2D eigenvalue weighted by Crippen LogP contribution is 2.55. The van der Waals surface area contributed by atoms with Crippen molar-refractivity contribution in [2.45, 2.75) is 35.9 Å². The van der Waals surface area contributed by atoms with Gasteiger partial charge in [-0.25, -0.2) is 17.1 Å². The molecule has 3 aromatic rings. The molecule has 46 heavy (non-hydrogen) atoms. The van der Waals surface area contributed by atoms with Crippen molar-refractivity contribution >= 4 is 39.1 Å². The molecule has 0 radical (unpaired) electrons. The smallest absolute Gasteiger partial charge is 0.271 e. The van der Waals surface area contributed by atoms with Gasteiger partial charge in [0.05, 0.1) is 36.9 Å². The topological polar surface area (TPSA) is 99.7 Å². The fraction of sp³-hybridized carbons (Fsp3) is 0.394. The Balaban J connectivity index is 1.60. The Bertz CT molecular complexity index is 1770. The number of morpholine rings is 1. The summed E-state index contributed by atoms with van der Waals surface area (Å²) < 4.78 is 54.7. The molecular weight excluding hydrogens is 635 g/mol. The molecule has 0 aromatic heterocycles. The Labute approximate surface area is 273 Å². The zero-order valence-electron chi connectivity index (χ0n) is 25.9. The third-order valence-corrected chi connectivity index (χ3v) is 10.9. The SMILES string of the molecule is COc1cc(CN2CCOCC2)ccc1[C@]1(N2CCCC2C(=O)N(C)C)C(=O)N(S(=O)(=O)c2ccc(F)cc2)c2ccc(Cl)cc21. The van der Waals surface area contributed by atoms with Crippen molar-refractivity contribution < 1.29 is 31.9 Å². The van der Waals surface area contributed by atoms with Crippen LogP contribution in [0.4, 0.5) is 10.1 Å². The summed E-state index contributed by atoms with van der Waals surface area (Å²) in [4.78, 5) is 34.2. The van der Waals surface area contributed by atoms with Crippen molar-refractivity contribution in [3.8, 4) is 5.75 Å². The van der Waals surface area contributed by atoms with E-state index in [1.165, 1.54) is 24.1 Å². The largest absolute Gasteiger partial charge is 0.496 e. The minimum absolute atomic E-state index is 0.0983. The number of carbonyl (C=O) groups is 2. The first-order valence-electron chi connectivity index (χ1n) is 15.1. The summed E-state index contributed by atoms with van der Waals surface area (Å²) in [5.41, 5.74) is -0.0604. The predicted octanol–water partition coefficient (Wildman–Crippen LogP) is 3.85. The number of ether oxygens (including phenoxy) is 2. The number of hydrogen-bond donors (Lipinski definition) is 0. The van der Waals surface area contributed by atoms with Crippen LogP contribution in [0.25, 0.3) is 0 Å². The van der Waals surface area contributed by atoms with Crippen molar-refractivity contribution in [2.75, 3.05) is 58.4 Å². The van der Waals surface area contributed by atoms with E-state index in [9.17, 15) is 17.6 Å². The van der Waals surface area contributed by atoms with E-state index in [0.717, 1.165) is 47.2 Å². The number of likely N-dealkylation sites (N-methyl/N-ethyl adjacent to an activating group) is 1. The molecule has 3 aromatic carbocycles. The van der Waals surface area contributed by atoms with Gasteiger partial charge in [0.2, 0.25) is 5.91 Å². The number of methoxy groups -OCH3 is 1. The molecule has 0 saturated carbocycles. The zero-order chi connectivity index (χ0) is 32.8. The molecule has 13 heteroatoms. The van der Waals surface area contributed by atoms with Crippen LogP contribution in [-0.2, 0) is 36.4 Å². The number of carbonyl (C=O) groups excluding carboxylic acids is 2. The number of likely N-dealkylation sites (tertiary alicyclic amines) is 1. The molecule has 0 aliphatic carbocycles. The van der Waals surface area contributed by atoms with E-state index in [1.807, 2.05) is 12.1 Å². The Morgan fingerprint density at radius 1 is 1.04 bits per heavy atom. The van der Waals surface area contributed by atoms with Gasteiger partial charge in [0, 0.05) is 56.4 Å². The number of anilines is 1. The number of sulfonamides is 1. The minimum Gasteiger partial charge on any atom is -0.496 e. The summed E-state index contributed by atoms with van der Waals surface area (Å²) in [5, 5.41) is 0.287. The number of halogens is 2. The first kappa shape index (κ1) is 32.4. The van der Waals surface area contributed by atoms with Crippen molar-refractivity contribution in [1.82, 2.24) is 14.7 Å². The van der Waals surface area contributed by atoms with Gasteiger partial charge in [0.25, 0.3) is 15.9 Å². The highest BCUT2D eigenvalue weighted by molar-refractivity contribution is 7.93. The van der Waals surface area contributed by atoms with Crippen LogP contribution in [0.1, 0.15) is 29.5 Å². The maximum Gasteiger partial charge on any atom is 0.271 e. The summed E-state index contributed by atoms with van der Waals surface area (Å²) in [7, 11) is 0.259. The molecule has 244 valence electrons. The average Bonchev–Trinajstić information content (AvgIpc) is 3.62. The van der Waals surface area contributed by atoms with E-state index in [1.54, 1.807) is 31.1 Å². The molecule has 2 fully saturated rings. The van der Waals surface area contributed by atoms with Crippen LogP contribution in [-0.4, -0.2) is 95.0 Å². The number of amides is 2. The fourth-order valence-corrected chi connectivity index (χ4v) is 8.49. The monoisotopic (exact) mass is 670 g/mol. The second-order valence-electron chi connectivity index (χ2n) is 11.9. The molecule has 3 aliphatic rings. The lowest BCUT2D eigenvalue weighted by Crippen LogP contribution is -2.59. The number of benzene rings is 3. The lowest BCUT2D eigenvalue weighted by molar-refractivity contribution is -0.138. The van der Waals surface area contributed by atoms with Gasteiger partial charge in [-0.05, 0) is 66.9 Å². The van der Waals surface area contributed by atoms with Crippen LogP contribution in [0.15, 0.2) is 65.6 Å². The standard InChI is InChI=1S/C33H36ClFN4O6S/c1-36(2)31(40)29-5-4-14-38(29)33(26-12-6-22(19-30(26)44-3)21-37-15-17-45-18-16-37)27-20-23(34)7-13-28(27)39(32(33)41)46(42,43)25-10-8-24(35)9-11-25/h6-13,19-20,29H,4-5,14-18,21H2,1-3H3/t29?,33-/m1/s1. The van der Waals surface area contributed by atoms with Gasteiger partial charge in [0.1, 0.15) is 11.6 Å². The summed E-state index contributed by atoms with van der Waals surface area (Å²) in [6, 6.07) is 13.7. The van der Waals surface area contributed by atoms with E-state index in [2.05, 4.69) is 4.90 Å². The summed E-state index contributed by atoms with van der Waals surface area (Å²) >= 11 is 6.58. The third-order valence-electron chi connectivity index (χ3n) is 8.99. The second kappa shape index (κ2) is 12.6. The van der Waals surface area contributed by atoms with Crippen LogP contribution in [0.2, 0.25) is 5.02 Å². The maximum absolute atomic E-state index is 15.3.